The van der Waals surface area contributed by atoms with Crippen molar-refractivity contribution in [1.29, 1.82) is 0 Å². The number of amides is 1. The molecule has 0 radical (unpaired) electrons. The summed E-state index contributed by atoms with van der Waals surface area (Å²) in [4.78, 5) is 11.7. The summed E-state index contributed by atoms with van der Waals surface area (Å²) in [7, 11) is -8.03. The maximum Gasteiger partial charge on any atom is 0.573 e. The number of rotatable bonds is 6. The summed E-state index contributed by atoms with van der Waals surface area (Å²) in [5.74, 6) is -1.65. The molecular formula is C17H15F3N2O6S2. The van der Waals surface area contributed by atoms with Gasteiger partial charge in [0, 0.05) is 18.7 Å². The second-order valence-corrected chi connectivity index (χ2v) is 9.86. The van der Waals surface area contributed by atoms with Crippen molar-refractivity contribution in [2.45, 2.75) is 22.6 Å². The van der Waals surface area contributed by atoms with Gasteiger partial charge in [-0.2, -0.15) is 4.31 Å². The van der Waals surface area contributed by atoms with Crippen molar-refractivity contribution in [3.8, 4) is 5.75 Å². The molecule has 1 heterocycles. The molecule has 0 unspecified atom stereocenters. The van der Waals surface area contributed by atoms with E-state index in [0.717, 1.165) is 55.0 Å². The molecule has 0 aromatic heterocycles. The van der Waals surface area contributed by atoms with Crippen LogP contribution in [-0.2, 0) is 20.0 Å². The Hall–Kier alpha value is -2.64. The number of ether oxygens (including phenoxy) is 1. The predicted octanol–water partition coefficient (Wildman–Crippen LogP) is 2.10. The van der Waals surface area contributed by atoms with Crippen molar-refractivity contribution >= 4 is 26.0 Å². The van der Waals surface area contributed by atoms with Crippen molar-refractivity contribution in [3.05, 3.63) is 54.1 Å². The lowest BCUT2D eigenvalue weighted by molar-refractivity contribution is -0.274. The number of carbonyl (C=O) groups is 1. The molecule has 0 bridgehead atoms. The van der Waals surface area contributed by atoms with Gasteiger partial charge < -0.3 is 4.74 Å². The summed E-state index contributed by atoms with van der Waals surface area (Å²) in [6.45, 7) is 0.788. The second kappa shape index (κ2) is 7.89. The number of alkyl halides is 3. The average molecular weight is 464 g/mol. The van der Waals surface area contributed by atoms with Gasteiger partial charge in [-0.1, -0.05) is 0 Å². The van der Waals surface area contributed by atoms with Crippen molar-refractivity contribution in [2.24, 2.45) is 0 Å². The van der Waals surface area contributed by atoms with Crippen LogP contribution in [0.3, 0.4) is 0 Å². The number of sulfonamides is 2. The highest BCUT2D eigenvalue weighted by molar-refractivity contribution is 7.90. The molecule has 0 atom stereocenters. The Bertz CT molecular complexity index is 1140. The first-order valence-electron chi connectivity index (χ1n) is 8.42. The number of hydrogen-bond acceptors (Lipinski definition) is 6. The van der Waals surface area contributed by atoms with Gasteiger partial charge in [0.25, 0.3) is 15.9 Å². The third-order valence-corrected chi connectivity index (χ3v) is 7.42. The molecule has 1 saturated heterocycles. The van der Waals surface area contributed by atoms with E-state index in [4.69, 9.17) is 0 Å². The number of nitrogens with one attached hydrogen (secondary N) is 1. The Morgan fingerprint density at radius 1 is 0.900 bits per heavy atom. The Labute approximate surface area is 170 Å². The monoisotopic (exact) mass is 464 g/mol. The molecule has 162 valence electrons. The van der Waals surface area contributed by atoms with Crippen molar-refractivity contribution in [3.63, 3.8) is 0 Å². The Morgan fingerprint density at radius 3 is 1.90 bits per heavy atom. The first-order chi connectivity index (χ1) is 13.9. The van der Waals surface area contributed by atoms with E-state index in [1.165, 1.54) is 4.31 Å². The van der Waals surface area contributed by atoms with E-state index in [-0.39, 0.29) is 15.4 Å². The Morgan fingerprint density at radius 2 is 1.43 bits per heavy atom. The van der Waals surface area contributed by atoms with Gasteiger partial charge in [-0.05, 0) is 55.0 Å². The van der Waals surface area contributed by atoms with Crippen LogP contribution in [0.5, 0.6) is 5.75 Å². The summed E-state index contributed by atoms with van der Waals surface area (Å²) in [6.07, 6.45) is -4.15. The fraction of sp³-hybridized carbons (Fsp3) is 0.235. The van der Waals surface area contributed by atoms with Crippen LogP contribution in [0.2, 0.25) is 0 Å². The van der Waals surface area contributed by atoms with E-state index in [2.05, 4.69) is 4.74 Å². The van der Waals surface area contributed by atoms with E-state index in [1.54, 1.807) is 4.72 Å². The third-order valence-electron chi connectivity index (χ3n) is 4.16. The van der Waals surface area contributed by atoms with Crippen LogP contribution in [0.4, 0.5) is 13.2 Å². The summed E-state index contributed by atoms with van der Waals surface area (Å²) in [6, 6.07) is 8.00. The van der Waals surface area contributed by atoms with Gasteiger partial charge in [0.1, 0.15) is 5.75 Å². The molecule has 0 aliphatic carbocycles. The molecule has 13 heteroatoms. The van der Waals surface area contributed by atoms with Crippen LogP contribution in [0, 0.1) is 0 Å². The van der Waals surface area contributed by atoms with E-state index < -0.39 is 38.1 Å². The second-order valence-electron chi connectivity index (χ2n) is 6.24. The SMILES string of the molecule is O=C(NS(=O)(=O)c1ccc(S(=O)(=O)N2CCC2)cc1)c1ccc(OC(F)(F)F)cc1. The lowest BCUT2D eigenvalue weighted by atomic mass is 10.2. The van der Waals surface area contributed by atoms with Crippen molar-refractivity contribution < 1.29 is 39.5 Å². The minimum atomic E-state index is -4.90. The molecule has 1 aliphatic heterocycles. The van der Waals surface area contributed by atoms with Gasteiger partial charge in [0.05, 0.1) is 9.79 Å². The third kappa shape index (κ3) is 4.91. The maximum atomic E-state index is 12.4. The summed E-state index contributed by atoms with van der Waals surface area (Å²) < 4.78 is 92.5. The van der Waals surface area contributed by atoms with Gasteiger partial charge in [-0.25, -0.2) is 21.6 Å². The number of halogens is 3. The summed E-state index contributed by atoms with van der Waals surface area (Å²) >= 11 is 0. The minimum Gasteiger partial charge on any atom is -0.406 e. The van der Waals surface area contributed by atoms with Gasteiger partial charge in [-0.15, -0.1) is 13.2 Å². The minimum absolute atomic E-state index is 0.0762. The molecular weight excluding hydrogens is 449 g/mol. The van der Waals surface area contributed by atoms with E-state index >= 15 is 0 Å². The zero-order valence-corrected chi connectivity index (χ0v) is 16.7. The topological polar surface area (TPSA) is 110 Å². The van der Waals surface area contributed by atoms with Crippen LogP contribution >= 0.6 is 0 Å². The van der Waals surface area contributed by atoms with Gasteiger partial charge >= 0.3 is 6.36 Å². The molecule has 1 fully saturated rings. The lowest BCUT2D eigenvalue weighted by Crippen LogP contribution is -2.41. The van der Waals surface area contributed by atoms with Crippen molar-refractivity contribution in [1.82, 2.24) is 9.03 Å². The largest absolute Gasteiger partial charge is 0.573 e. The zero-order valence-electron chi connectivity index (χ0n) is 15.1. The highest BCUT2D eigenvalue weighted by Gasteiger charge is 2.31. The van der Waals surface area contributed by atoms with Crippen LogP contribution in [-0.4, -0.2) is 46.5 Å². The molecule has 30 heavy (non-hydrogen) atoms. The lowest BCUT2D eigenvalue weighted by Gasteiger charge is -2.29. The van der Waals surface area contributed by atoms with E-state index in [9.17, 15) is 34.8 Å². The van der Waals surface area contributed by atoms with E-state index in [0.29, 0.717) is 13.1 Å². The number of hydrogen-bond donors (Lipinski definition) is 1. The Balaban J connectivity index is 1.72. The fourth-order valence-corrected chi connectivity index (χ4v) is 5.01. The highest BCUT2D eigenvalue weighted by atomic mass is 32.2. The van der Waals surface area contributed by atoms with Crippen LogP contribution in [0.15, 0.2) is 58.3 Å². The molecule has 2 aromatic rings. The van der Waals surface area contributed by atoms with Gasteiger partial charge in [-0.3, -0.25) is 4.79 Å². The number of carbonyl (C=O) groups excluding carboxylic acids is 1. The predicted molar refractivity (Wildman–Crippen MR) is 97.6 cm³/mol. The molecule has 3 rings (SSSR count). The average Bonchev–Trinajstić information content (AvgIpc) is 2.59. The molecule has 0 saturated carbocycles. The van der Waals surface area contributed by atoms with Crippen molar-refractivity contribution in [2.75, 3.05) is 13.1 Å². The van der Waals surface area contributed by atoms with Crippen LogP contribution in [0.25, 0.3) is 0 Å². The first kappa shape index (κ1) is 22.1. The fourth-order valence-electron chi connectivity index (χ4n) is 2.52. The van der Waals surface area contributed by atoms with Gasteiger partial charge in [0.15, 0.2) is 0 Å². The standard InChI is InChI=1S/C17H15F3N2O6S2/c18-17(19,20)28-13-4-2-12(3-5-13)16(23)21-29(24,25)14-6-8-15(9-7-14)30(26,27)22-10-1-11-22/h2-9H,1,10-11H2,(H,21,23). The molecule has 8 nitrogen and oxygen atoms in total. The highest BCUT2D eigenvalue weighted by Crippen LogP contribution is 2.24. The van der Waals surface area contributed by atoms with Gasteiger partial charge in [0.2, 0.25) is 10.0 Å². The van der Waals surface area contributed by atoms with Crippen LogP contribution < -0.4 is 9.46 Å². The first-order valence-corrected chi connectivity index (χ1v) is 11.3. The summed E-state index contributed by atoms with van der Waals surface area (Å²) in [5.41, 5.74) is -0.218. The molecule has 2 aromatic carbocycles. The number of benzene rings is 2. The quantitative estimate of drug-likeness (QED) is 0.701. The van der Waals surface area contributed by atoms with E-state index in [1.807, 2.05) is 0 Å². The van der Waals surface area contributed by atoms with Crippen LogP contribution in [0.1, 0.15) is 16.8 Å². The summed E-state index contributed by atoms with van der Waals surface area (Å²) in [5, 5.41) is 0. The zero-order chi connectivity index (χ0) is 22.2. The smallest absolute Gasteiger partial charge is 0.406 e. The molecule has 1 N–H and O–H groups in total. The Kier molecular flexibility index (Phi) is 5.80. The molecule has 1 amide bonds. The number of nitrogens with zero attached hydrogens (tertiary/aromatic N) is 1. The maximum absolute atomic E-state index is 12.4. The normalized spacial score (nSPS) is 15.3. The molecule has 1 aliphatic rings. The molecule has 0 spiro atoms.